The van der Waals surface area contributed by atoms with Gasteiger partial charge < -0.3 is 10.1 Å². The van der Waals surface area contributed by atoms with Gasteiger partial charge in [0.1, 0.15) is 12.1 Å². The summed E-state index contributed by atoms with van der Waals surface area (Å²) in [5.74, 6) is -0.480. The van der Waals surface area contributed by atoms with Gasteiger partial charge in [-0.15, -0.1) is 0 Å². The van der Waals surface area contributed by atoms with Crippen LogP contribution in [0, 0.1) is 5.92 Å². The fourth-order valence-electron chi connectivity index (χ4n) is 4.81. The summed E-state index contributed by atoms with van der Waals surface area (Å²) in [6.07, 6.45) is 11.5. The highest BCUT2D eigenvalue weighted by atomic mass is 16.5. The van der Waals surface area contributed by atoms with Crippen LogP contribution in [0.25, 0.3) is 6.08 Å². The maximum Gasteiger partial charge on any atom is 0.323 e. The first-order chi connectivity index (χ1) is 16.1. The first-order valence-electron chi connectivity index (χ1n) is 11.7. The zero-order chi connectivity index (χ0) is 23.0. The molecule has 0 radical (unpaired) electrons. The molecule has 0 spiro atoms. The number of aromatic nitrogens is 1. The molecular formula is C26H31N3O4. The number of fused-ring (bicyclic) bond motifs is 1. The van der Waals surface area contributed by atoms with E-state index in [9.17, 15) is 9.59 Å². The molecule has 0 aliphatic heterocycles. The van der Waals surface area contributed by atoms with E-state index in [0.29, 0.717) is 12.2 Å². The Labute approximate surface area is 194 Å². The lowest BCUT2D eigenvalue weighted by Crippen LogP contribution is -2.45. The van der Waals surface area contributed by atoms with E-state index in [0.717, 1.165) is 44.1 Å². The van der Waals surface area contributed by atoms with Crippen molar-refractivity contribution in [2.45, 2.75) is 63.6 Å². The number of benzene rings is 1. The van der Waals surface area contributed by atoms with Gasteiger partial charge in [0, 0.05) is 31.7 Å². The largest absolute Gasteiger partial charge is 0.460 e. The molecule has 2 aliphatic rings. The summed E-state index contributed by atoms with van der Waals surface area (Å²) in [5.41, 5.74) is 5.64. The molecule has 33 heavy (non-hydrogen) atoms. The van der Waals surface area contributed by atoms with Gasteiger partial charge in [-0.05, 0) is 47.6 Å². The maximum absolute atomic E-state index is 13.2. The molecule has 1 atom stereocenters. The number of nitrogens with one attached hydrogen (secondary N) is 2. The van der Waals surface area contributed by atoms with E-state index in [1.165, 1.54) is 29.7 Å². The van der Waals surface area contributed by atoms with E-state index in [1.807, 2.05) is 18.2 Å². The predicted octanol–water partition coefficient (Wildman–Crippen LogP) is 3.35. The van der Waals surface area contributed by atoms with E-state index >= 15 is 0 Å². The van der Waals surface area contributed by atoms with Crippen LogP contribution in [0.15, 0.2) is 48.7 Å². The zero-order valence-electron chi connectivity index (χ0n) is 18.7. The Kier molecular flexibility index (Phi) is 7.86. The van der Waals surface area contributed by atoms with Gasteiger partial charge in [-0.1, -0.05) is 49.6 Å². The van der Waals surface area contributed by atoms with Crippen LogP contribution in [-0.4, -0.2) is 34.2 Å². The molecule has 1 heterocycles. The Balaban J connectivity index is 1.37. The number of carbonyl (C=O) groups excluding carboxylic acids is 2. The van der Waals surface area contributed by atoms with Crippen molar-refractivity contribution in [1.29, 1.82) is 0 Å². The summed E-state index contributed by atoms with van der Waals surface area (Å²) in [6.45, 7) is 0.509. The van der Waals surface area contributed by atoms with Crippen molar-refractivity contribution in [3.63, 3.8) is 0 Å². The number of pyridine rings is 1. The van der Waals surface area contributed by atoms with Gasteiger partial charge in [0.15, 0.2) is 0 Å². The molecule has 0 bridgehead atoms. The second-order valence-electron chi connectivity index (χ2n) is 8.89. The fourth-order valence-corrected chi connectivity index (χ4v) is 4.81. The average molecular weight is 450 g/mol. The minimum Gasteiger partial charge on any atom is -0.460 e. The molecule has 1 aromatic heterocycles. The molecule has 1 aromatic carbocycles. The smallest absolute Gasteiger partial charge is 0.323 e. The van der Waals surface area contributed by atoms with Crippen molar-refractivity contribution < 1.29 is 19.5 Å². The van der Waals surface area contributed by atoms with E-state index < -0.39 is 5.91 Å². The Morgan fingerprint density at radius 3 is 2.45 bits per heavy atom. The number of ether oxygens (including phenoxy) is 1. The highest BCUT2D eigenvalue weighted by molar-refractivity contribution is 5.90. The third-order valence-corrected chi connectivity index (χ3v) is 6.56. The molecule has 1 amide bonds. The lowest BCUT2D eigenvalue weighted by atomic mass is 9.83. The number of hydroxylamine groups is 1. The third-order valence-electron chi connectivity index (χ3n) is 6.56. The summed E-state index contributed by atoms with van der Waals surface area (Å²) in [5, 5.41) is 12.0. The molecule has 2 aliphatic carbocycles. The number of rotatable bonds is 8. The Bertz CT molecular complexity index is 958. The summed E-state index contributed by atoms with van der Waals surface area (Å²) in [7, 11) is 0. The lowest BCUT2D eigenvalue weighted by Gasteiger charge is -2.30. The van der Waals surface area contributed by atoms with Gasteiger partial charge in [-0.3, -0.25) is 19.8 Å². The van der Waals surface area contributed by atoms with Crippen LogP contribution >= 0.6 is 0 Å². The van der Waals surface area contributed by atoms with Crippen LogP contribution in [0.2, 0.25) is 0 Å². The van der Waals surface area contributed by atoms with Crippen LogP contribution in [0.1, 0.15) is 54.5 Å². The van der Waals surface area contributed by atoms with E-state index in [-0.39, 0.29) is 24.0 Å². The average Bonchev–Trinajstić information content (AvgIpc) is 3.26. The minimum absolute atomic E-state index is 0.0911. The monoisotopic (exact) mass is 449 g/mol. The minimum atomic E-state index is -0.610. The molecule has 3 N–H and O–H groups in total. The molecule has 1 saturated carbocycles. The third kappa shape index (κ3) is 6.27. The Morgan fingerprint density at radius 2 is 1.82 bits per heavy atom. The summed E-state index contributed by atoms with van der Waals surface area (Å²) < 4.78 is 6.00. The van der Waals surface area contributed by atoms with Gasteiger partial charge in [0.2, 0.25) is 0 Å². The van der Waals surface area contributed by atoms with Crippen LogP contribution in [0.4, 0.5) is 0 Å². The summed E-state index contributed by atoms with van der Waals surface area (Å²) in [6, 6.07) is 11.7. The number of amides is 1. The molecule has 4 rings (SSSR count). The van der Waals surface area contributed by atoms with Crippen molar-refractivity contribution in [3.8, 4) is 0 Å². The van der Waals surface area contributed by atoms with Gasteiger partial charge >= 0.3 is 5.97 Å². The molecule has 0 saturated heterocycles. The number of hydrogen-bond acceptors (Lipinski definition) is 6. The van der Waals surface area contributed by atoms with Crippen molar-refractivity contribution >= 4 is 18.0 Å². The fraction of sp³-hybridized carbons (Fsp3) is 0.423. The Morgan fingerprint density at radius 1 is 1.09 bits per heavy atom. The summed E-state index contributed by atoms with van der Waals surface area (Å²) in [4.78, 5) is 28.7. The van der Waals surface area contributed by atoms with E-state index in [1.54, 1.807) is 17.7 Å². The van der Waals surface area contributed by atoms with Gasteiger partial charge in [-0.2, -0.15) is 0 Å². The second kappa shape index (κ2) is 11.2. The van der Waals surface area contributed by atoms with Crippen LogP contribution in [0.5, 0.6) is 0 Å². The predicted molar refractivity (Wildman–Crippen MR) is 124 cm³/mol. The van der Waals surface area contributed by atoms with Crippen molar-refractivity contribution in [1.82, 2.24) is 15.8 Å². The number of esters is 1. The molecular weight excluding hydrogens is 418 g/mol. The molecule has 2 aromatic rings. The molecule has 0 unspecified atom stereocenters. The van der Waals surface area contributed by atoms with E-state index in [2.05, 4.69) is 22.4 Å². The van der Waals surface area contributed by atoms with Crippen LogP contribution in [-0.2, 0) is 33.7 Å². The molecule has 174 valence electrons. The highest BCUT2D eigenvalue weighted by Gasteiger charge is 2.33. The first kappa shape index (κ1) is 23.1. The first-order valence-corrected chi connectivity index (χ1v) is 11.7. The van der Waals surface area contributed by atoms with Crippen LogP contribution in [0.3, 0.4) is 0 Å². The molecule has 7 nitrogen and oxygen atoms in total. The van der Waals surface area contributed by atoms with Gasteiger partial charge in [0.05, 0.1) is 5.69 Å². The van der Waals surface area contributed by atoms with Crippen molar-refractivity contribution in [2.24, 2.45) is 5.92 Å². The van der Waals surface area contributed by atoms with E-state index in [4.69, 9.17) is 9.94 Å². The normalized spacial score (nSPS) is 17.6. The van der Waals surface area contributed by atoms with Crippen molar-refractivity contribution in [2.75, 3.05) is 0 Å². The van der Waals surface area contributed by atoms with Gasteiger partial charge in [-0.25, -0.2) is 5.48 Å². The standard InChI is InChI=1S/C26H31N3O4/c30-24(29-32)13-12-22-11-10-18(16-27-22)17-28-25(19-6-2-1-3-7-19)26(31)33-23-14-20-8-4-5-9-21(20)15-23/h4-5,8-13,16,19,23,25,28,32H,1-3,6-7,14-15,17H2,(H,29,30)/b13-12+/t25-/m0/s1. The van der Waals surface area contributed by atoms with Crippen LogP contribution < -0.4 is 10.8 Å². The van der Waals surface area contributed by atoms with Crippen molar-refractivity contribution in [3.05, 3.63) is 71.1 Å². The quantitative estimate of drug-likeness (QED) is 0.247. The number of nitrogens with zero attached hydrogens (tertiary/aromatic N) is 1. The molecule has 7 heteroatoms. The van der Waals surface area contributed by atoms with Gasteiger partial charge in [0.25, 0.3) is 5.91 Å². The number of hydrogen-bond donors (Lipinski definition) is 3. The maximum atomic E-state index is 13.2. The highest BCUT2D eigenvalue weighted by Crippen LogP contribution is 2.29. The number of carbonyl (C=O) groups is 2. The second-order valence-corrected chi connectivity index (χ2v) is 8.89. The zero-order valence-corrected chi connectivity index (χ0v) is 18.7. The Hall–Kier alpha value is -3.03. The summed E-state index contributed by atoms with van der Waals surface area (Å²) >= 11 is 0. The lowest BCUT2D eigenvalue weighted by molar-refractivity contribution is -0.153. The SMILES string of the molecule is O=C(/C=C/c1ccc(CN[C@H](C(=O)OC2Cc3ccccc3C2)C2CCCCC2)cn1)NO. The topological polar surface area (TPSA) is 101 Å². The molecule has 1 fully saturated rings.